The Kier molecular flexibility index (Phi) is 2.79. The van der Waals surface area contributed by atoms with Crippen LogP contribution in [0.4, 0.5) is 5.82 Å². The summed E-state index contributed by atoms with van der Waals surface area (Å²) in [5.41, 5.74) is 0. The zero-order valence-electron chi connectivity index (χ0n) is 9.43. The first kappa shape index (κ1) is 10.1. The number of pyridine rings is 1. The van der Waals surface area contributed by atoms with Gasteiger partial charge in [-0.2, -0.15) is 0 Å². The maximum atomic E-state index is 5.81. The molecule has 0 aromatic carbocycles. The Morgan fingerprint density at radius 1 is 1.25 bits per heavy atom. The molecule has 1 aromatic heterocycles. The SMILES string of the molecule is c1ccc(NC2CCOC(C3CC3)C2)nc1. The van der Waals surface area contributed by atoms with E-state index in [-0.39, 0.29) is 0 Å². The number of nitrogens with zero attached hydrogens (tertiary/aromatic N) is 1. The highest BCUT2D eigenvalue weighted by atomic mass is 16.5. The van der Waals surface area contributed by atoms with Gasteiger partial charge < -0.3 is 10.1 Å². The van der Waals surface area contributed by atoms with Gasteiger partial charge in [-0.05, 0) is 43.7 Å². The van der Waals surface area contributed by atoms with Crippen LogP contribution in [0.3, 0.4) is 0 Å². The summed E-state index contributed by atoms with van der Waals surface area (Å²) in [7, 11) is 0. The van der Waals surface area contributed by atoms with Gasteiger partial charge in [-0.3, -0.25) is 0 Å². The van der Waals surface area contributed by atoms with E-state index in [0.29, 0.717) is 12.1 Å². The summed E-state index contributed by atoms with van der Waals surface area (Å²) in [4.78, 5) is 4.31. The van der Waals surface area contributed by atoms with E-state index in [1.165, 1.54) is 12.8 Å². The number of hydrogen-bond donors (Lipinski definition) is 1. The van der Waals surface area contributed by atoms with Crippen LogP contribution in [0.2, 0.25) is 0 Å². The van der Waals surface area contributed by atoms with Crippen molar-refractivity contribution in [2.45, 2.75) is 37.8 Å². The molecule has 2 fully saturated rings. The molecule has 0 radical (unpaired) electrons. The maximum Gasteiger partial charge on any atom is 0.126 e. The van der Waals surface area contributed by atoms with Gasteiger partial charge >= 0.3 is 0 Å². The van der Waals surface area contributed by atoms with E-state index in [0.717, 1.165) is 31.2 Å². The molecule has 1 aliphatic heterocycles. The fourth-order valence-electron chi connectivity index (χ4n) is 2.41. The van der Waals surface area contributed by atoms with Crippen LogP contribution < -0.4 is 5.32 Å². The highest BCUT2D eigenvalue weighted by molar-refractivity contribution is 5.34. The molecule has 86 valence electrons. The van der Waals surface area contributed by atoms with Gasteiger partial charge in [0, 0.05) is 18.8 Å². The van der Waals surface area contributed by atoms with Gasteiger partial charge in [-0.1, -0.05) is 6.07 Å². The Bertz CT molecular complexity index is 337. The molecule has 0 bridgehead atoms. The number of ether oxygens (including phenoxy) is 1. The van der Waals surface area contributed by atoms with Crippen molar-refractivity contribution in [3.8, 4) is 0 Å². The Labute approximate surface area is 96.2 Å². The monoisotopic (exact) mass is 218 g/mol. The Balaban J connectivity index is 1.58. The molecule has 1 aliphatic carbocycles. The molecule has 0 amide bonds. The van der Waals surface area contributed by atoms with Crippen LogP contribution >= 0.6 is 0 Å². The topological polar surface area (TPSA) is 34.1 Å². The van der Waals surface area contributed by atoms with Crippen molar-refractivity contribution in [2.24, 2.45) is 5.92 Å². The molecule has 16 heavy (non-hydrogen) atoms. The van der Waals surface area contributed by atoms with E-state index in [4.69, 9.17) is 4.74 Å². The Hall–Kier alpha value is -1.09. The van der Waals surface area contributed by atoms with Gasteiger partial charge in [-0.15, -0.1) is 0 Å². The second-order valence-electron chi connectivity index (χ2n) is 4.83. The van der Waals surface area contributed by atoms with Crippen LogP contribution in [0.5, 0.6) is 0 Å². The Morgan fingerprint density at radius 3 is 2.94 bits per heavy atom. The van der Waals surface area contributed by atoms with E-state index in [1.54, 1.807) is 0 Å². The van der Waals surface area contributed by atoms with Gasteiger partial charge in [0.2, 0.25) is 0 Å². The summed E-state index contributed by atoms with van der Waals surface area (Å²) in [6.07, 6.45) is 7.29. The standard InChI is InChI=1S/C13H18N2O/c1-2-7-14-13(3-1)15-11-6-8-16-12(9-11)10-4-5-10/h1-3,7,10-12H,4-6,8-9H2,(H,14,15). The number of rotatable bonds is 3. The number of hydrogen-bond acceptors (Lipinski definition) is 3. The van der Waals surface area contributed by atoms with Gasteiger partial charge in [-0.25, -0.2) is 4.98 Å². The molecule has 1 saturated heterocycles. The van der Waals surface area contributed by atoms with Crippen molar-refractivity contribution in [3.63, 3.8) is 0 Å². The lowest BCUT2D eigenvalue weighted by Crippen LogP contribution is -2.35. The fraction of sp³-hybridized carbons (Fsp3) is 0.615. The van der Waals surface area contributed by atoms with Crippen molar-refractivity contribution >= 4 is 5.82 Å². The normalized spacial score (nSPS) is 30.0. The number of anilines is 1. The first-order valence-corrected chi connectivity index (χ1v) is 6.21. The van der Waals surface area contributed by atoms with E-state index in [9.17, 15) is 0 Å². The molecule has 0 spiro atoms. The lowest BCUT2D eigenvalue weighted by Gasteiger charge is -2.30. The van der Waals surface area contributed by atoms with Crippen molar-refractivity contribution in [1.82, 2.24) is 4.98 Å². The zero-order chi connectivity index (χ0) is 10.8. The van der Waals surface area contributed by atoms with Crippen LogP contribution in [0.1, 0.15) is 25.7 Å². The van der Waals surface area contributed by atoms with Crippen molar-refractivity contribution in [1.29, 1.82) is 0 Å². The van der Waals surface area contributed by atoms with Gasteiger partial charge in [0.05, 0.1) is 6.10 Å². The molecule has 2 unspecified atom stereocenters. The molecule has 2 heterocycles. The van der Waals surface area contributed by atoms with Crippen LogP contribution in [0.25, 0.3) is 0 Å². The summed E-state index contributed by atoms with van der Waals surface area (Å²) >= 11 is 0. The lowest BCUT2D eigenvalue weighted by molar-refractivity contribution is -0.00223. The summed E-state index contributed by atoms with van der Waals surface area (Å²) in [6, 6.07) is 6.53. The largest absolute Gasteiger partial charge is 0.378 e. The van der Waals surface area contributed by atoms with Crippen molar-refractivity contribution < 1.29 is 4.74 Å². The third-order valence-corrected chi connectivity index (χ3v) is 3.48. The molecule has 2 aliphatic rings. The van der Waals surface area contributed by atoms with Crippen molar-refractivity contribution in [3.05, 3.63) is 24.4 Å². The number of nitrogens with one attached hydrogen (secondary N) is 1. The maximum absolute atomic E-state index is 5.81. The average Bonchev–Trinajstić information content (AvgIpc) is 3.15. The minimum atomic E-state index is 0.495. The Morgan fingerprint density at radius 2 is 2.19 bits per heavy atom. The third kappa shape index (κ3) is 2.35. The predicted octanol–water partition coefficient (Wildman–Crippen LogP) is 2.45. The molecule has 1 saturated carbocycles. The minimum absolute atomic E-state index is 0.495. The average molecular weight is 218 g/mol. The van der Waals surface area contributed by atoms with Gasteiger partial charge in [0.1, 0.15) is 5.82 Å². The molecule has 3 rings (SSSR count). The first-order chi connectivity index (χ1) is 7.92. The minimum Gasteiger partial charge on any atom is -0.378 e. The molecule has 1 aromatic rings. The van der Waals surface area contributed by atoms with Gasteiger partial charge in [0.15, 0.2) is 0 Å². The summed E-state index contributed by atoms with van der Waals surface area (Å²) < 4.78 is 5.81. The molecule has 1 N–H and O–H groups in total. The first-order valence-electron chi connectivity index (χ1n) is 6.21. The highest BCUT2D eigenvalue weighted by Gasteiger charge is 2.35. The second-order valence-corrected chi connectivity index (χ2v) is 4.83. The zero-order valence-corrected chi connectivity index (χ0v) is 9.43. The highest BCUT2D eigenvalue weighted by Crippen LogP contribution is 2.38. The summed E-state index contributed by atoms with van der Waals surface area (Å²) in [5.74, 6) is 1.83. The second kappa shape index (κ2) is 4.42. The van der Waals surface area contributed by atoms with E-state index in [2.05, 4.69) is 10.3 Å². The van der Waals surface area contributed by atoms with Crippen LogP contribution in [0.15, 0.2) is 24.4 Å². The van der Waals surface area contributed by atoms with E-state index < -0.39 is 0 Å². The van der Waals surface area contributed by atoms with Crippen LogP contribution in [-0.4, -0.2) is 23.7 Å². The third-order valence-electron chi connectivity index (χ3n) is 3.48. The molecular weight excluding hydrogens is 200 g/mol. The fourth-order valence-corrected chi connectivity index (χ4v) is 2.41. The van der Waals surface area contributed by atoms with Crippen LogP contribution in [-0.2, 0) is 4.74 Å². The molecule has 2 atom stereocenters. The van der Waals surface area contributed by atoms with Gasteiger partial charge in [0.25, 0.3) is 0 Å². The summed E-state index contributed by atoms with van der Waals surface area (Å²) in [6.45, 7) is 0.895. The molecule has 3 heteroatoms. The quantitative estimate of drug-likeness (QED) is 0.846. The number of aromatic nitrogens is 1. The van der Waals surface area contributed by atoms with E-state index in [1.807, 2.05) is 24.4 Å². The predicted molar refractivity (Wildman–Crippen MR) is 63.3 cm³/mol. The summed E-state index contributed by atoms with van der Waals surface area (Å²) in [5, 5.41) is 3.50. The molecule has 3 nitrogen and oxygen atoms in total. The van der Waals surface area contributed by atoms with Crippen LogP contribution in [0, 0.1) is 5.92 Å². The smallest absolute Gasteiger partial charge is 0.126 e. The van der Waals surface area contributed by atoms with Crippen molar-refractivity contribution in [2.75, 3.05) is 11.9 Å². The lowest BCUT2D eigenvalue weighted by atomic mass is 10.00. The van der Waals surface area contributed by atoms with E-state index >= 15 is 0 Å². The molecular formula is C13H18N2O.